The van der Waals surface area contributed by atoms with Crippen LogP contribution in [-0.4, -0.2) is 41.2 Å². The van der Waals surface area contributed by atoms with Crippen molar-refractivity contribution >= 4 is 17.5 Å². The molecule has 32 heavy (non-hydrogen) atoms. The molecule has 1 atom stereocenters. The summed E-state index contributed by atoms with van der Waals surface area (Å²) in [6, 6.07) is 17.0. The number of fused-ring (bicyclic) bond motifs is 3. The highest BCUT2D eigenvalue weighted by Crippen LogP contribution is 2.35. The molecule has 2 aliphatic heterocycles. The van der Waals surface area contributed by atoms with E-state index in [0.717, 1.165) is 29.5 Å². The zero-order valence-electron chi connectivity index (χ0n) is 18.0. The van der Waals surface area contributed by atoms with Crippen molar-refractivity contribution in [2.45, 2.75) is 32.4 Å². The van der Waals surface area contributed by atoms with Crippen molar-refractivity contribution in [2.24, 2.45) is 0 Å². The first kappa shape index (κ1) is 21.0. The van der Waals surface area contributed by atoms with E-state index in [9.17, 15) is 9.59 Å². The molecule has 164 valence electrons. The van der Waals surface area contributed by atoms with Gasteiger partial charge in [0.05, 0.1) is 17.4 Å². The SMILES string of the molecule is CCOC1CCN(C(=O)c2cc(-c3ccccc3)c(=O)n3c2-c2cc(Cl)ccc2CC3)C1. The molecule has 1 saturated heterocycles. The van der Waals surface area contributed by atoms with Gasteiger partial charge in [0, 0.05) is 42.4 Å². The Labute approximate surface area is 192 Å². The third-order valence-electron chi connectivity index (χ3n) is 6.37. The molecule has 0 saturated carbocycles. The molecular formula is C26H25ClN2O3. The minimum Gasteiger partial charge on any atom is -0.377 e. The zero-order valence-corrected chi connectivity index (χ0v) is 18.8. The van der Waals surface area contributed by atoms with E-state index in [2.05, 4.69) is 0 Å². The third kappa shape index (κ3) is 3.65. The normalized spacial score (nSPS) is 17.2. The highest BCUT2D eigenvalue weighted by Gasteiger charge is 2.32. The first-order valence-corrected chi connectivity index (χ1v) is 11.5. The van der Waals surface area contributed by atoms with Gasteiger partial charge in [-0.1, -0.05) is 48.0 Å². The Kier molecular flexibility index (Phi) is 5.62. The molecule has 6 heteroatoms. The minimum absolute atomic E-state index is 0.0570. The number of ether oxygens (including phenoxy) is 1. The van der Waals surface area contributed by atoms with Crippen LogP contribution in [0, 0.1) is 0 Å². The molecule has 0 radical (unpaired) electrons. The van der Waals surface area contributed by atoms with Gasteiger partial charge in [-0.15, -0.1) is 0 Å². The van der Waals surface area contributed by atoms with E-state index in [4.69, 9.17) is 16.3 Å². The lowest BCUT2D eigenvalue weighted by atomic mass is 9.92. The second-order valence-electron chi connectivity index (χ2n) is 8.31. The Morgan fingerprint density at radius 2 is 1.91 bits per heavy atom. The summed E-state index contributed by atoms with van der Waals surface area (Å²) in [6.45, 7) is 4.34. The molecule has 1 amide bonds. The number of hydrogen-bond acceptors (Lipinski definition) is 3. The molecule has 0 N–H and O–H groups in total. The van der Waals surface area contributed by atoms with Gasteiger partial charge in [0.1, 0.15) is 0 Å². The fourth-order valence-electron chi connectivity index (χ4n) is 4.83. The van der Waals surface area contributed by atoms with Gasteiger partial charge in [0.15, 0.2) is 0 Å². The van der Waals surface area contributed by atoms with Crippen molar-refractivity contribution in [3.05, 3.63) is 81.1 Å². The molecule has 5 nitrogen and oxygen atoms in total. The summed E-state index contributed by atoms with van der Waals surface area (Å²) in [6.07, 6.45) is 1.60. The van der Waals surface area contributed by atoms with Crippen LogP contribution in [0.1, 0.15) is 29.3 Å². The average molecular weight is 449 g/mol. The molecule has 5 rings (SSSR count). The smallest absolute Gasteiger partial charge is 0.258 e. The number of amides is 1. The number of likely N-dealkylation sites (tertiary alicyclic amines) is 1. The number of rotatable bonds is 4. The van der Waals surface area contributed by atoms with E-state index in [0.29, 0.717) is 48.1 Å². The maximum Gasteiger partial charge on any atom is 0.258 e. The fraction of sp³-hybridized carbons (Fsp3) is 0.308. The summed E-state index contributed by atoms with van der Waals surface area (Å²) in [7, 11) is 0. The molecule has 2 aliphatic rings. The highest BCUT2D eigenvalue weighted by atomic mass is 35.5. The number of halogens is 1. The van der Waals surface area contributed by atoms with E-state index in [-0.39, 0.29) is 17.6 Å². The van der Waals surface area contributed by atoms with Crippen LogP contribution >= 0.6 is 11.6 Å². The molecule has 3 heterocycles. The molecular weight excluding hydrogens is 424 g/mol. The van der Waals surface area contributed by atoms with Crippen molar-refractivity contribution in [3.8, 4) is 22.4 Å². The number of carbonyl (C=O) groups excluding carboxylic acids is 1. The predicted molar refractivity (Wildman–Crippen MR) is 126 cm³/mol. The number of aryl methyl sites for hydroxylation is 1. The summed E-state index contributed by atoms with van der Waals surface area (Å²) >= 11 is 6.32. The van der Waals surface area contributed by atoms with Crippen molar-refractivity contribution in [3.63, 3.8) is 0 Å². The Hall–Kier alpha value is -2.89. The largest absolute Gasteiger partial charge is 0.377 e. The second kappa shape index (κ2) is 8.57. The van der Waals surface area contributed by atoms with Crippen molar-refractivity contribution in [1.82, 2.24) is 9.47 Å². The van der Waals surface area contributed by atoms with E-state index >= 15 is 0 Å². The van der Waals surface area contributed by atoms with Gasteiger partial charge in [-0.25, -0.2) is 0 Å². The van der Waals surface area contributed by atoms with E-state index in [1.54, 1.807) is 10.6 Å². The van der Waals surface area contributed by atoms with Gasteiger partial charge in [0.2, 0.25) is 0 Å². The van der Waals surface area contributed by atoms with Crippen LogP contribution in [0.25, 0.3) is 22.4 Å². The minimum atomic E-state index is -0.0815. The number of aromatic nitrogens is 1. The monoisotopic (exact) mass is 448 g/mol. The summed E-state index contributed by atoms with van der Waals surface area (Å²) in [5.41, 5.74) is 4.46. The molecule has 1 unspecified atom stereocenters. The third-order valence-corrected chi connectivity index (χ3v) is 6.61. The van der Waals surface area contributed by atoms with E-state index in [1.807, 2.05) is 60.4 Å². The Bertz CT molecular complexity index is 1240. The first-order chi connectivity index (χ1) is 15.6. The van der Waals surface area contributed by atoms with Crippen molar-refractivity contribution in [1.29, 1.82) is 0 Å². The van der Waals surface area contributed by atoms with Gasteiger partial charge in [-0.3, -0.25) is 9.59 Å². The van der Waals surface area contributed by atoms with Gasteiger partial charge in [0.25, 0.3) is 11.5 Å². The van der Waals surface area contributed by atoms with Crippen LogP contribution in [0.3, 0.4) is 0 Å². The average Bonchev–Trinajstić information content (AvgIpc) is 3.28. The fourth-order valence-corrected chi connectivity index (χ4v) is 5.00. The van der Waals surface area contributed by atoms with Crippen molar-refractivity contribution in [2.75, 3.05) is 19.7 Å². The Morgan fingerprint density at radius 1 is 1.09 bits per heavy atom. The van der Waals surface area contributed by atoms with Gasteiger partial charge in [-0.2, -0.15) is 0 Å². The van der Waals surface area contributed by atoms with Crippen LogP contribution in [0.5, 0.6) is 0 Å². The van der Waals surface area contributed by atoms with E-state index in [1.165, 1.54) is 0 Å². The molecule has 3 aromatic rings. The quantitative estimate of drug-likeness (QED) is 0.584. The maximum atomic E-state index is 13.8. The number of nitrogens with zero attached hydrogens (tertiary/aromatic N) is 2. The highest BCUT2D eigenvalue weighted by molar-refractivity contribution is 6.31. The zero-order chi connectivity index (χ0) is 22.2. The summed E-state index contributed by atoms with van der Waals surface area (Å²) in [5.74, 6) is -0.0686. The maximum absolute atomic E-state index is 13.8. The lowest BCUT2D eigenvalue weighted by Crippen LogP contribution is -2.35. The standard InChI is InChI=1S/C26H25ClN2O3/c1-2-32-20-11-12-28(16-20)25(30)23-15-22(17-6-4-3-5-7-17)26(31)29-13-10-18-8-9-19(27)14-21(18)24(23)29/h3-9,14-15,20H,2,10-13,16H2,1H3. The summed E-state index contributed by atoms with van der Waals surface area (Å²) in [5, 5.41) is 0.591. The van der Waals surface area contributed by atoms with Gasteiger partial charge >= 0.3 is 0 Å². The molecule has 0 spiro atoms. The molecule has 0 bridgehead atoms. The molecule has 1 aromatic heterocycles. The van der Waals surface area contributed by atoms with Gasteiger partial charge in [-0.05, 0) is 49.1 Å². The van der Waals surface area contributed by atoms with Crippen LogP contribution in [0.4, 0.5) is 0 Å². The predicted octanol–water partition coefficient (Wildman–Crippen LogP) is 4.64. The number of benzene rings is 2. The van der Waals surface area contributed by atoms with Crippen molar-refractivity contribution < 1.29 is 9.53 Å². The number of pyridine rings is 1. The number of hydrogen-bond donors (Lipinski definition) is 0. The summed E-state index contributed by atoms with van der Waals surface area (Å²) < 4.78 is 7.50. The van der Waals surface area contributed by atoms with Crippen LogP contribution < -0.4 is 5.56 Å². The van der Waals surface area contributed by atoms with Crippen LogP contribution in [-0.2, 0) is 17.7 Å². The second-order valence-corrected chi connectivity index (χ2v) is 8.75. The lowest BCUT2D eigenvalue weighted by Gasteiger charge is -2.27. The van der Waals surface area contributed by atoms with Gasteiger partial charge < -0.3 is 14.2 Å². The Morgan fingerprint density at radius 3 is 2.69 bits per heavy atom. The van der Waals surface area contributed by atoms with Crippen LogP contribution in [0.15, 0.2) is 59.4 Å². The van der Waals surface area contributed by atoms with Crippen LogP contribution in [0.2, 0.25) is 5.02 Å². The molecule has 1 fully saturated rings. The molecule has 0 aliphatic carbocycles. The lowest BCUT2D eigenvalue weighted by molar-refractivity contribution is 0.0598. The topological polar surface area (TPSA) is 51.5 Å². The number of carbonyl (C=O) groups is 1. The summed E-state index contributed by atoms with van der Waals surface area (Å²) in [4.78, 5) is 29.1. The molecule has 2 aromatic carbocycles. The van der Waals surface area contributed by atoms with E-state index < -0.39 is 0 Å². The first-order valence-electron chi connectivity index (χ1n) is 11.1. The Balaban J connectivity index is 1.70.